The first-order chi connectivity index (χ1) is 14.2. The number of hydrogen-bond acceptors (Lipinski definition) is 1. The minimum Gasteiger partial charge on any atom is -0.478 e. The van der Waals surface area contributed by atoms with Gasteiger partial charge >= 0.3 is 5.97 Å². The molecule has 0 unspecified atom stereocenters. The molecule has 0 fully saturated rings. The summed E-state index contributed by atoms with van der Waals surface area (Å²) in [5.74, 6) is -0.873. The Bertz CT molecular complexity index is 1330. The molecule has 2 nitrogen and oxygen atoms in total. The number of benzene rings is 4. The van der Waals surface area contributed by atoms with Crippen LogP contribution >= 0.6 is 0 Å². The summed E-state index contributed by atoms with van der Waals surface area (Å²) in [6.45, 7) is 0. The molecule has 0 atom stereocenters. The van der Waals surface area contributed by atoms with E-state index in [0.717, 1.165) is 24.0 Å². The van der Waals surface area contributed by atoms with E-state index in [0.29, 0.717) is 5.56 Å². The smallest absolute Gasteiger partial charge is 0.335 e. The SMILES string of the molecule is O=C(O)c1ccc2c(c1)Cc1cccc(-c3cccc4c3Cc3ccccc3-4)c1-2. The summed E-state index contributed by atoms with van der Waals surface area (Å²) >= 11 is 0. The maximum atomic E-state index is 11.4. The largest absolute Gasteiger partial charge is 0.478 e. The Morgan fingerprint density at radius 2 is 1.31 bits per heavy atom. The number of carbonyl (C=O) groups is 1. The van der Waals surface area contributed by atoms with Gasteiger partial charge in [0.2, 0.25) is 0 Å². The van der Waals surface area contributed by atoms with Crippen LogP contribution in [0.25, 0.3) is 33.4 Å². The quantitative estimate of drug-likeness (QED) is 0.392. The number of aromatic carboxylic acids is 1. The molecule has 0 heterocycles. The van der Waals surface area contributed by atoms with Gasteiger partial charge in [-0.15, -0.1) is 0 Å². The molecule has 4 aromatic carbocycles. The Morgan fingerprint density at radius 3 is 2.17 bits per heavy atom. The predicted octanol–water partition coefficient (Wildman–Crippen LogP) is 6.19. The van der Waals surface area contributed by atoms with Crippen LogP contribution in [0.4, 0.5) is 0 Å². The van der Waals surface area contributed by atoms with Gasteiger partial charge in [0, 0.05) is 0 Å². The average molecular weight is 374 g/mol. The fourth-order valence-corrected chi connectivity index (χ4v) is 5.02. The van der Waals surface area contributed by atoms with Crippen LogP contribution in [-0.4, -0.2) is 11.1 Å². The van der Waals surface area contributed by atoms with Gasteiger partial charge in [-0.25, -0.2) is 4.79 Å². The summed E-state index contributed by atoms with van der Waals surface area (Å²) < 4.78 is 0. The molecule has 29 heavy (non-hydrogen) atoms. The van der Waals surface area contributed by atoms with Gasteiger partial charge in [0.25, 0.3) is 0 Å². The zero-order valence-corrected chi connectivity index (χ0v) is 15.8. The molecular formula is C27H18O2. The van der Waals surface area contributed by atoms with E-state index in [4.69, 9.17) is 0 Å². The van der Waals surface area contributed by atoms with Gasteiger partial charge in [0.15, 0.2) is 0 Å². The third-order valence-corrected chi connectivity index (χ3v) is 6.29. The normalized spacial score (nSPS) is 12.8. The highest BCUT2D eigenvalue weighted by atomic mass is 16.4. The molecule has 0 aromatic heterocycles. The van der Waals surface area contributed by atoms with Crippen molar-refractivity contribution >= 4 is 5.97 Å². The maximum absolute atomic E-state index is 11.4. The van der Waals surface area contributed by atoms with Crippen LogP contribution < -0.4 is 0 Å². The average Bonchev–Trinajstić information content (AvgIpc) is 3.31. The number of carboxylic acid groups (broad SMARTS) is 1. The molecule has 0 amide bonds. The van der Waals surface area contributed by atoms with E-state index in [-0.39, 0.29) is 0 Å². The minimum atomic E-state index is -0.873. The molecule has 2 heteroatoms. The number of hydrogen-bond donors (Lipinski definition) is 1. The summed E-state index contributed by atoms with van der Waals surface area (Å²) in [5, 5.41) is 9.36. The van der Waals surface area contributed by atoms with Crippen molar-refractivity contribution in [3.05, 3.63) is 107 Å². The molecule has 0 bridgehead atoms. The van der Waals surface area contributed by atoms with Gasteiger partial charge in [0.1, 0.15) is 0 Å². The summed E-state index contributed by atoms with van der Waals surface area (Å²) in [5.41, 5.74) is 13.1. The van der Waals surface area contributed by atoms with Crippen LogP contribution in [0, 0.1) is 0 Å². The molecule has 2 aliphatic rings. The number of carboxylic acids is 1. The Kier molecular flexibility index (Phi) is 3.33. The highest BCUT2D eigenvalue weighted by molar-refractivity contribution is 5.96. The van der Waals surface area contributed by atoms with Crippen molar-refractivity contribution in [2.75, 3.05) is 0 Å². The maximum Gasteiger partial charge on any atom is 0.335 e. The second kappa shape index (κ2) is 5.92. The number of fused-ring (bicyclic) bond motifs is 6. The fraction of sp³-hybridized carbons (Fsp3) is 0.0741. The zero-order chi connectivity index (χ0) is 19.5. The van der Waals surface area contributed by atoms with Crippen molar-refractivity contribution in [2.24, 2.45) is 0 Å². The predicted molar refractivity (Wildman–Crippen MR) is 115 cm³/mol. The van der Waals surface area contributed by atoms with Gasteiger partial charge in [0.05, 0.1) is 5.56 Å². The molecule has 0 saturated heterocycles. The van der Waals surface area contributed by atoms with Crippen molar-refractivity contribution in [1.82, 2.24) is 0 Å². The van der Waals surface area contributed by atoms with Gasteiger partial charge in [-0.05, 0) is 80.6 Å². The van der Waals surface area contributed by atoms with Crippen LogP contribution in [0.5, 0.6) is 0 Å². The Labute approximate surface area is 169 Å². The van der Waals surface area contributed by atoms with Gasteiger partial charge in [-0.2, -0.15) is 0 Å². The molecule has 0 saturated carbocycles. The highest BCUT2D eigenvalue weighted by Gasteiger charge is 2.26. The molecule has 1 N–H and O–H groups in total. The Hall–Kier alpha value is -3.65. The van der Waals surface area contributed by atoms with Crippen LogP contribution in [0.1, 0.15) is 32.6 Å². The van der Waals surface area contributed by atoms with Crippen LogP contribution in [0.15, 0.2) is 78.9 Å². The van der Waals surface area contributed by atoms with E-state index in [1.54, 1.807) is 6.07 Å². The van der Waals surface area contributed by atoms with Crippen molar-refractivity contribution in [3.8, 4) is 33.4 Å². The Morgan fingerprint density at radius 1 is 0.621 bits per heavy atom. The third kappa shape index (κ3) is 2.32. The summed E-state index contributed by atoms with van der Waals surface area (Å²) in [6.07, 6.45) is 1.74. The molecule has 6 rings (SSSR count). The second-order valence-corrected chi connectivity index (χ2v) is 7.86. The highest BCUT2D eigenvalue weighted by Crippen LogP contribution is 2.47. The van der Waals surface area contributed by atoms with E-state index >= 15 is 0 Å². The van der Waals surface area contributed by atoms with E-state index in [9.17, 15) is 9.90 Å². The van der Waals surface area contributed by atoms with E-state index in [2.05, 4.69) is 60.7 Å². The monoisotopic (exact) mass is 374 g/mol. The van der Waals surface area contributed by atoms with Gasteiger partial charge < -0.3 is 5.11 Å². The topological polar surface area (TPSA) is 37.3 Å². The van der Waals surface area contributed by atoms with Crippen molar-refractivity contribution in [1.29, 1.82) is 0 Å². The zero-order valence-electron chi connectivity index (χ0n) is 15.8. The first kappa shape index (κ1) is 16.3. The van der Waals surface area contributed by atoms with Gasteiger partial charge in [-0.3, -0.25) is 0 Å². The fourth-order valence-electron chi connectivity index (χ4n) is 5.02. The molecule has 138 valence electrons. The van der Waals surface area contributed by atoms with E-state index in [1.165, 1.54) is 44.5 Å². The van der Waals surface area contributed by atoms with Crippen LogP contribution in [-0.2, 0) is 12.8 Å². The Balaban J connectivity index is 1.56. The molecule has 0 radical (unpaired) electrons. The van der Waals surface area contributed by atoms with Crippen LogP contribution in [0.3, 0.4) is 0 Å². The lowest BCUT2D eigenvalue weighted by molar-refractivity contribution is 0.0697. The summed E-state index contributed by atoms with van der Waals surface area (Å²) in [7, 11) is 0. The lowest BCUT2D eigenvalue weighted by Crippen LogP contribution is -1.97. The van der Waals surface area contributed by atoms with Crippen molar-refractivity contribution < 1.29 is 9.90 Å². The third-order valence-electron chi connectivity index (χ3n) is 6.29. The molecule has 2 aliphatic carbocycles. The standard InChI is InChI=1S/C27H18O2/c28-27(29)18-11-12-21-19(14-18)13-17-6-3-10-24(26(17)21)23-9-4-8-22-20-7-2-1-5-16(20)15-25(22)23/h1-12,14H,13,15H2,(H,28,29). The first-order valence-electron chi connectivity index (χ1n) is 9.90. The van der Waals surface area contributed by atoms with Crippen molar-refractivity contribution in [2.45, 2.75) is 12.8 Å². The van der Waals surface area contributed by atoms with Crippen molar-refractivity contribution in [3.63, 3.8) is 0 Å². The lowest BCUT2D eigenvalue weighted by atomic mass is 9.89. The molecule has 0 aliphatic heterocycles. The van der Waals surface area contributed by atoms with E-state index in [1.807, 2.05) is 12.1 Å². The minimum absolute atomic E-state index is 0.356. The summed E-state index contributed by atoms with van der Waals surface area (Å²) in [6, 6.07) is 27.3. The second-order valence-electron chi connectivity index (χ2n) is 7.86. The lowest BCUT2D eigenvalue weighted by Gasteiger charge is -2.14. The first-order valence-corrected chi connectivity index (χ1v) is 9.90. The van der Waals surface area contributed by atoms with Crippen LogP contribution in [0.2, 0.25) is 0 Å². The summed E-state index contributed by atoms with van der Waals surface area (Å²) in [4.78, 5) is 11.4. The van der Waals surface area contributed by atoms with E-state index < -0.39 is 5.97 Å². The molecular weight excluding hydrogens is 356 g/mol. The number of rotatable bonds is 2. The van der Waals surface area contributed by atoms with Gasteiger partial charge in [-0.1, -0.05) is 66.7 Å². The molecule has 0 spiro atoms. The molecule has 4 aromatic rings.